The molecule has 0 aliphatic rings. The van der Waals surface area contributed by atoms with Gasteiger partial charge in [-0.25, -0.2) is 4.39 Å². The van der Waals surface area contributed by atoms with Crippen LogP contribution < -0.4 is 5.32 Å². The van der Waals surface area contributed by atoms with Crippen molar-refractivity contribution in [3.05, 3.63) is 63.4 Å². The van der Waals surface area contributed by atoms with Gasteiger partial charge >= 0.3 is 0 Å². The van der Waals surface area contributed by atoms with Crippen LogP contribution in [0, 0.1) is 5.82 Å². The van der Waals surface area contributed by atoms with Crippen LogP contribution in [0.5, 0.6) is 5.75 Å². The van der Waals surface area contributed by atoms with Crippen molar-refractivity contribution in [3.8, 4) is 5.75 Å². The van der Waals surface area contributed by atoms with E-state index in [2.05, 4.69) is 5.32 Å². The first-order chi connectivity index (χ1) is 9.06. The van der Waals surface area contributed by atoms with E-state index in [-0.39, 0.29) is 10.8 Å². The van der Waals surface area contributed by atoms with Crippen molar-refractivity contribution in [1.82, 2.24) is 5.32 Å². The van der Waals surface area contributed by atoms with Gasteiger partial charge in [-0.15, -0.1) is 0 Å². The third-order valence-corrected chi connectivity index (χ3v) is 3.19. The lowest BCUT2D eigenvalue weighted by molar-refractivity contribution is 0.464. The average Bonchev–Trinajstić information content (AvgIpc) is 2.38. The molecule has 0 fully saturated rings. The molecule has 100 valence electrons. The maximum absolute atomic E-state index is 13.0. The zero-order valence-electron chi connectivity index (χ0n) is 9.96. The first-order valence-electron chi connectivity index (χ1n) is 5.68. The van der Waals surface area contributed by atoms with Gasteiger partial charge in [-0.05, 0) is 35.9 Å². The molecule has 0 aliphatic carbocycles. The van der Waals surface area contributed by atoms with Gasteiger partial charge in [0.1, 0.15) is 11.6 Å². The Balaban J connectivity index is 1.96. The SMILES string of the molecule is Oc1ccc(Cl)cc1CNCc1ccc(F)c(Cl)c1. The van der Waals surface area contributed by atoms with E-state index in [1.165, 1.54) is 6.07 Å². The molecule has 0 amide bonds. The van der Waals surface area contributed by atoms with E-state index in [4.69, 9.17) is 23.2 Å². The molecule has 19 heavy (non-hydrogen) atoms. The highest BCUT2D eigenvalue weighted by atomic mass is 35.5. The molecular formula is C14H12Cl2FNO. The van der Waals surface area contributed by atoms with Crippen LogP contribution in [0.25, 0.3) is 0 Å². The number of rotatable bonds is 4. The molecule has 0 saturated carbocycles. The Labute approximate surface area is 120 Å². The van der Waals surface area contributed by atoms with Crippen LogP contribution in [-0.2, 0) is 13.1 Å². The zero-order valence-corrected chi connectivity index (χ0v) is 11.5. The molecule has 0 saturated heterocycles. The molecule has 0 spiro atoms. The van der Waals surface area contributed by atoms with Crippen molar-refractivity contribution >= 4 is 23.2 Å². The maximum atomic E-state index is 13.0. The molecular weight excluding hydrogens is 288 g/mol. The van der Waals surface area contributed by atoms with Crippen molar-refractivity contribution in [2.24, 2.45) is 0 Å². The quantitative estimate of drug-likeness (QED) is 0.890. The number of benzene rings is 2. The van der Waals surface area contributed by atoms with Crippen molar-refractivity contribution in [2.75, 3.05) is 0 Å². The number of halogens is 3. The van der Waals surface area contributed by atoms with Crippen LogP contribution >= 0.6 is 23.2 Å². The summed E-state index contributed by atoms with van der Waals surface area (Å²) in [6.45, 7) is 0.980. The molecule has 0 atom stereocenters. The predicted octanol–water partition coefficient (Wildman–Crippen LogP) is 4.13. The molecule has 0 bridgehead atoms. The molecule has 0 unspecified atom stereocenters. The summed E-state index contributed by atoms with van der Waals surface area (Å²) in [5, 5.41) is 13.4. The Bertz CT molecular complexity index is 590. The summed E-state index contributed by atoms with van der Waals surface area (Å²) in [7, 11) is 0. The molecule has 2 N–H and O–H groups in total. The lowest BCUT2D eigenvalue weighted by atomic mass is 10.2. The van der Waals surface area contributed by atoms with Gasteiger partial charge in [0, 0.05) is 23.7 Å². The molecule has 2 nitrogen and oxygen atoms in total. The highest BCUT2D eigenvalue weighted by molar-refractivity contribution is 6.31. The molecule has 2 rings (SSSR count). The van der Waals surface area contributed by atoms with Crippen LogP contribution in [0.3, 0.4) is 0 Å². The molecule has 2 aromatic rings. The van der Waals surface area contributed by atoms with Crippen LogP contribution in [0.1, 0.15) is 11.1 Å². The lowest BCUT2D eigenvalue weighted by Crippen LogP contribution is -2.12. The van der Waals surface area contributed by atoms with Crippen molar-refractivity contribution in [2.45, 2.75) is 13.1 Å². The fourth-order valence-electron chi connectivity index (χ4n) is 1.69. The van der Waals surface area contributed by atoms with Crippen molar-refractivity contribution < 1.29 is 9.50 Å². The summed E-state index contributed by atoms with van der Waals surface area (Å²) in [5.74, 6) is -0.244. The number of phenolic OH excluding ortho intramolecular Hbond substituents is 1. The predicted molar refractivity (Wildman–Crippen MR) is 75.1 cm³/mol. The topological polar surface area (TPSA) is 32.3 Å². The number of aromatic hydroxyl groups is 1. The van der Waals surface area contributed by atoms with Gasteiger partial charge in [0.2, 0.25) is 0 Å². The summed E-state index contributed by atoms with van der Waals surface area (Å²) in [6.07, 6.45) is 0. The summed E-state index contributed by atoms with van der Waals surface area (Å²) >= 11 is 11.5. The van der Waals surface area contributed by atoms with E-state index in [1.807, 2.05) is 0 Å². The largest absolute Gasteiger partial charge is 0.508 e. The monoisotopic (exact) mass is 299 g/mol. The fourth-order valence-corrected chi connectivity index (χ4v) is 2.08. The van der Waals surface area contributed by atoms with Crippen LogP contribution in [0.2, 0.25) is 10.0 Å². The number of hydrogen-bond donors (Lipinski definition) is 2. The second kappa shape index (κ2) is 6.24. The molecule has 0 heterocycles. The van der Waals surface area contributed by atoms with Crippen LogP contribution in [0.15, 0.2) is 36.4 Å². The van der Waals surface area contributed by atoms with E-state index >= 15 is 0 Å². The Hall–Kier alpha value is -1.29. The molecule has 0 radical (unpaired) electrons. The molecule has 5 heteroatoms. The third-order valence-electron chi connectivity index (χ3n) is 2.67. The first-order valence-corrected chi connectivity index (χ1v) is 6.44. The Morgan fingerprint density at radius 3 is 2.58 bits per heavy atom. The summed E-state index contributed by atoms with van der Waals surface area (Å²) in [6, 6.07) is 9.43. The second-order valence-corrected chi connectivity index (χ2v) is 4.97. The summed E-state index contributed by atoms with van der Waals surface area (Å²) in [5.41, 5.74) is 1.58. The number of nitrogens with one attached hydrogen (secondary N) is 1. The smallest absolute Gasteiger partial charge is 0.141 e. The van der Waals surface area contributed by atoms with Gasteiger partial charge in [0.05, 0.1) is 5.02 Å². The standard InChI is InChI=1S/C14H12Cl2FNO/c15-11-2-4-14(19)10(6-11)8-18-7-9-1-3-13(17)12(16)5-9/h1-6,18-19H,7-8H2. The van der Waals surface area contributed by atoms with Crippen LogP contribution in [-0.4, -0.2) is 5.11 Å². The van der Waals surface area contributed by atoms with Gasteiger partial charge in [0.25, 0.3) is 0 Å². The fraction of sp³-hybridized carbons (Fsp3) is 0.143. The normalized spacial score (nSPS) is 10.7. The van der Waals surface area contributed by atoms with Crippen molar-refractivity contribution in [3.63, 3.8) is 0 Å². The molecule has 0 aliphatic heterocycles. The average molecular weight is 300 g/mol. The molecule has 0 aromatic heterocycles. The van der Waals surface area contributed by atoms with Gasteiger partial charge in [-0.2, -0.15) is 0 Å². The van der Waals surface area contributed by atoms with Gasteiger partial charge < -0.3 is 10.4 Å². The van der Waals surface area contributed by atoms with E-state index in [9.17, 15) is 9.50 Å². The summed E-state index contributed by atoms with van der Waals surface area (Å²) in [4.78, 5) is 0. The third kappa shape index (κ3) is 3.83. The maximum Gasteiger partial charge on any atom is 0.141 e. The lowest BCUT2D eigenvalue weighted by Gasteiger charge is -2.08. The van der Waals surface area contributed by atoms with Gasteiger partial charge in [0.15, 0.2) is 0 Å². The minimum atomic E-state index is -0.432. The minimum Gasteiger partial charge on any atom is -0.508 e. The number of phenols is 1. The Kier molecular flexibility index (Phi) is 4.64. The minimum absolute atomic E-state index is 0.102. The van der Waals surface area contributed by atoms with E-state index in [0.29, 0.717) is 23.7 Å². The van der Waals surface area contributed by atoms with Gasteiger partial charge in [-0.1, -0.05) is 29.3 Å². The van der Waals surface area contributed by atoms with Crippen LogP contribution in [0.4, 0.5) is 4.39 Å². The first kappa shape index (κ1) is 14.1. The van der Waals surface area contributed by atoms with E-state index < -0.39 is 5.82 Å². The van der Waals surface area contributed by atoms with Gasteiger partial charge in [-0.3, -0.25) is 0 Å². The van der Waals surface area contributed by atoms with E-state index in [0.717, 1.165) is 5.56 Å². The zero-order chi connectivity index (χ0) is 13.8. The Morgan fingerprint density at radius 2 is 1.84 bits per heavy atom. The second-order valence-electron chi connectivity index (χ2n) is 4.13. The highest BCUT2D eigenvalue weighted by Crippen LogP contribution is 2.21. The highest BCUT2D eigenvalue weighted by Gasteiger charge is 2.03. The summed E-state index contributed by atoms with van der Waals surface area (Å²) < 4.78 is 13.0. The number of hydrogen-bond acceptors (Lipinski definition) is 2. The molecule has 2 aromatic carbocycles. The van der Waals surface area contributed by atoms with Crippen molar-refractivity contribution in [1.29, 1.82) is 0 Å². The Morgan fingerprint density at radius 1 is 1.05 bits per heavy atom. The van der Waals surface area contributed by atoms with E-state index in [1.54, 1.807) is 30.3 Å².